The van der Waals surface area contributed by atoms with Crippen LogP contribution in [0, 0.1) is 3.57 Å². The van der Waals surface area contributed by atoms with E-state index < -0.39 is 5.97 Å². The first-order chi connectivity index (χ1) is 11.5. The molecule has 0 spiro atoms. The Bertz CT molecular complexity index is 787. The summed E-state index contributed by atoms with van der Waals surface area (Å²) in [6.45, 7) is 0. The van der Waals surface area contributed by atoms with Gasteiger partial charge in [0.15, 0.2) is 11.5 Å². The number of carbonyl (C=O) groups excluding carboxylic acids is 1. The van der Waals surface area contributed by atoms with Crippen molar-refractivity contribution in [2.45, 2.75) is 0 Å². The maximum Gasteiger partial charge on any atom is 0.343 e. The smallest absolute Gasteiger partial charge is 0.343 e. The standard InChI is InChI=1S/C16H15IN4O3/c1-23-13-8-10(9-20-21-16(18)19)7-12(17)14(13)24-15(22)11-5-3-2-4-6-11/h2-9H,1H3,(H4,18,19,21). The minimum absolute atomic E-state index is 0.138. The van der Waals surface area contributed by atoms with Gasteiger partial charge < -0.3 is 20.9 Å². The van der Waals surface area contributed by atoms with E-state index in [-0.39, 0.29) is 5.96 Å². The first-order valence-electron chi connectivity index (χ1n) is 6.78. The molecule has 124 valence electrons. The van der Waals surface area contributed by atoms with E-state index in [1.54, 1.807) is 36.4 Å². The topological polar surface area (TPSA) is 112 Å². The van der Waals surface area contributed by atoms with Gasteiger partial charge in [-0.15, -0.1) is 5.10 Å². The fourth-order valence-corrected chi connectivity index (χ4v) is 2.54. The summed E-state index contributed by atoms with van der Waals surface area (Å²) in [5, 5.41) is 7.27. The number of hydrogen-bond acceptors (Lipinski definition) is 5. The quantitative estimate of drug-likeness (QED) is 0.186. The van der Waals surface area contributed by atoms with Crippen molar-refractivity contribution in [2.75, 3.05) is 7.11 Å². The van der Waals surface area contributed by atoms with Crippen LogP contribution in [0.5, 0.6) is 11.5 Å². The Balaban J connectivity index is 2.29. The van der Waals surface area contributed by atoms with Crippen molar-refractivity contribution in [1.82, 2.24) is 0 Å². The van der Waals surface area contributed by atoms with Crippen LogP contribution in [0.4, 0.5) is 0 Å². The first-order valence-corrected chi connectivity index (χ1v) is 7.86. The number of nitrogens with two attached hydrogens (primary N) is 2. The lowest BCUT2D eigenvalue weighted by molar-refractivity contribution is 0.0728. The van der Waals surface area contributed by atoms with Gasteiger partial charge in [-0.2, -0.15) is 5.10 Å². The molecule has 8 heteroatoms. The van der Waals surface area contributed by atoms with Gasteiger partial charge in [-0.1, -0.05) is 18.2 Å². The predicted octanol–water partition coefficient (Wildman–Crippen LogP) is 2.13. The molecular formula is C16H15IN4O3. The van der Waals surface area contributed by atoms with E-state index in [0.717, 1.165) is 0 Å². The highest BCUT2D eigenvalue weighted by Crippen LogP contribution is 2.34. The second-order valence-electron chi connectivity index (χ2n) is 4.56. The molecule has 2 aromatic carbocycles. The van der Waals surface area contributed by atoms with Crippen LogP contribution in [0.2, 0.25) is 0 Å². The van der Waals surface area contributed by atoms with Crippen LogP contribution >= 0.6 is 22.6 Å². The third kappa shape index (κ3) is 4.69. The van der Waals surface area contributed by atoms with Crippen LogP contribution in [-0.4, -0.2) is 25.3 Å². The number of hydrogen-bond donors (Lipinski definition) is 2. The Morgan fingerprint density at radius 3 is 2.54 bits per heavy atom. The van der Waals surface area contributed by atoms with Gasteiger partial charge in [0.2, 0.25) is 5.96 Å². The second-order valence-corrected chi connectivity index (χ2v) is 5.72. The highest BCUT2D eigenvalue weighted by Gasteiger charge is 2.16. The van der Waals surface area contributed by atoms with Crippen LogP contribution in [0.1, 0.15) is 15.9 Å². The van der Waals surface area contributed by atoms with Gasteiger partial charge in [-0.25, -0.2) is 4.79 Å². The molecule has 0 atom stereocenters. The number of guanidine groups is 1. The summed E-state index contributed by atoms with van der Waals surface area (Å²) in [5.41, 5.74) is 11.6. The summed E-state index contributed by atoms with van der Waals surface area (Å²) in [6, 6.07) is 12.1. The second kappa shape index (κ2) is 8.29. The lowest BCUT2D eigenvalue weighted by atomic mass is 10.2. The van der Waals surface area contributed by atoms with Crippen LogP contribution in [0.15, 0.2) is 52.7 Å². The number of carbonyl (C=O) groups is 1. The van der Waals surface area contributed by atoms with Crippen molar-refractivity contribution >= 4 is 40.7 Å². The van der Waals surface area contributed by atoms with Crippen molar-refractivity contribution in [3.63, 3.8) is 0 Å². The molecule has 4 N–H and O–H groups in total. The number of halogens is 1. The van der Waals surface area contributed by atoms with Crippen LogP contribution in [-0.2, 0) is 0 Å². The van der Waals surface area contributed by atoms with Crippen LogP contribution in [0.3, 0.4) is 0 Å². The number of ether oxygens (including phenoxy) is 2. The van der Waals surface area contributed by atoms with E-state index in [9.17, 15) is 4.79 Å². The molecule has 7 nitrogen and oxygen atoms in total. The largest absolute Gasteiger partial charge is 0.493 e. The Morgan fingerprint density at radius 2 is 1.92 bits per heavy atom. The first kappa shape index (κ1) is 17.7. The van der Waals surface area contributed by atoms with Gasteiger partial charge >= 0.3 is 5.97 Å². The molecule has 0 unspecified atom stereocenters. The molecule has 0 aromatic heterocycles. The fraction of sp³-hybridized carbons (Fsp3) is 0.0625. The summed E-state index contributed by atoms with van der Waals surface area (Å²) < 4.78 is 11.5. The van der Waals surface area contributed by atoms with Gasteiger partial charge in [-0.3, -0.25) is 0 Å². The summed E-state index contributed by atoms with van der Waals surface area (Å²) >= 11 is 2.05. The average Bonchev–Trinajstić information content (AvgIpc) is 2.57. The van der Waals surface area contributed by atoms with E-state index >= 15 is 0 Å². The molecule has 24 heavy (non-hydrogen) atoms. The molecule has 2 aromatic rings. The molecule has 0 saturated carbocycles. The van der Waals surface area contributed by atoms with E-state index in [4.69, 9.17) is 20.9 Å². The minimum Gasteiger partial charge on any atom is -0.493 e. The summed E-state index contributed by atoms with van der Waals surface area (Å²) in [6.07, 6.45) is 1.47. The third-order valence-electron chi connectivity index (χ3n) is 2.84. The highest BCUT2D eigenvalue weighted by atomic mass is 127. The Labute approximate surface area is 152 Å². The van der Waals surface area contributed by atoms with Crippen molar-refractivity contribution in [1.29, 1.82) is 0 Å². The van der Waals surface area contributed by atoms with Gasteiger partial charge in [0.25, 0.3) is 0 Å². The van der Waals surface area contributed by atoms with E-state index in [0.29, 0.717) is 26.2 Å². The SMILES string of the molecule is COc1cc(C=NN=C(N)N)cc(I)c1OC(=O)c1ccccc1. The van der Waals surface area contributed by atoms with Gasteiger partial charge in [-0.05, 0) is 52.4 Å². The molecule has 2 rings (SSSR count). The van der Waals surface area contributed by atoms with Crippen molar-refractivity contribution in [2.24, 2.45) is 21.7 Å². The summed E-state index contributed by atoms with van der Waals surface area (Å²) in [5.74, 6) is 0.137. The third-order valence-corrected chi connectivity index (χ3v) is 3.64. The molecule has 0 aliphatic heterocycles. The zero-order chi connectivity index (χ0) is 17.5. The molecule has 0 fully saturated rings. The Kier molecular flexibility index (Phi) is 6.13. The zero-order valence-electron chi connectivity index (χ0n) is 12.8. The maximum atomic E-state index is 12.2. The van der Waals surface area contributed by atoms with Crippen molar-refractivity contribution in [3.8, 4) is 11.5 Å². The minimum atomic E-state index is -0.464. The predicted molar refractivity (Wildman–Crippen MR) is 101 cm³/mol. The number of esters is 1. The monoisotopic (exact) mass is 438 g/mol. The number of benzene rings is 2. The normalized spacial score (nSPS) is 10.4. The molecule has 0 amide bonds. The Hall–Kier alpha value is -2.62. The molecule has 0 heterocycles. The zero-order valence-corrected chi connectivity index (χ0v) is 14.9. The van der Waals surface area contributed by atoms with E-state index in [1.807, 2.05) is 28.7 Å². The van der Waals surface area contributed by atoms with E-state index in [2.05, 4.69) is 10.2 Å². The fourth-order valence-electron chi connectivity index (χ4n) is 1.80. The maximum absolute atomic E-state index is 12.2. The molecule has 0 aliphatic rings. The average molecular weight is 438 g/mol. The summed E-state index contributed by atoms with van der Waals surface area (Å²) in [7, 11) is 1.49. The molecule has 0 aliphatic carbocycles. The number of nitrogens with zero attached hydrogens (tertiary/aromatic N) is 2. The van der Waals surface area contributed by atoms with Gasteiger partial charge in [0.1, 0.15) is 0 Å². The van der Waals surface area contributed by atoms with Crippen LogP contribution < -0.4 is 20.9 Å². The van der Waals surface area contributed by atoms with Crippen LogP contribution in [0.25, 0.3) is 0 Å². The number of methoxy groups -OCH3 is 1. The summed E-state index contributed by atoms with van der Waals surface area (Å²) in [4.78, 5) is 12.2. The number of rotatable bonds is 5. The van der Waals surface area contributed by atoms with E-state index in [1.165, 1.54) is 13.3 Å². The van der Waals surface area contributed by atoms with Gasteiger partial charge in [0, 0.05) is 0 Å². The van der Waals surface area contributed by atoms with Crippen molar-refractivity contribution in [3.05, 3.63) is 57.2 Å². The van der Waals surface area contributed by atoms with Gasteiger partial charge in [0.05, 0.1) is 22.5 Å². The van der Waals surface area contributed by atoms with Crippen molar-refractivity contribution < 1.29 is 14.3 Å². The lowest BCUT2D eigenvalue weighted by Crippen LogP contribution is -2.21. The Morgan fingerprint density at radius 1 is 1.21 bits per heavy atom. The lowest BCUT2D eigenvalue weighted by Gasteiger charge is -2.12. The molecule has 0 radical (unpaired) electrons. The molecular weight excluding hydrogens is 423 g/mol. The highest BCUT2D eigenvalue weighted by molar-refractivity contribution is 14.1. The molecule has 0 saturated heterocycles. The molecule has 0 bridgehead atoms.